The van der Waals surface area contributed by atoms with Gasteiger partial charge in [-0.3, -0.25) is 0 Å². The Balaban J connectivity index is 3.21. The van der Waals surface area contributed by atoms with Crippen LogP contribution in [-0.2, 0) is 0 Å². The van der Waals surface area contributed by atoms with Crippen molar-refractivity contribution in [3.05, 3.63) is 0 Å². The van der Waals surface area contributed by atoms with Crippen molar-refractivity contribution in [3.8, 4) is 0 Å². The van der Waals surface area contributed by atoms with E-state index < -0.39 is 0 Å². The zero-order valence-corrected chi connectivity index (χ0v) is 7.06. The fourth-order valence-corrected chi connectivity index (χ4v) is 1.08. The number of rotatable bonds is 6. The molecule has 0 aliphatic carbocycles. The van der Waals surface area contributed by atoms with Crippen molar-refractivity contribution >= 4 is 0 Å². The smallest absolute Gasteiger partial charge is 0.0433 e. The van der Waals surface area contributed by atoms with E-state index in [1.165, 1.54) is 12.8 Å². The molecule has 0 rings (SSSR count). The molecule has 0 heterocycles. The molecule has 0 aliphatic rings. The lowest BCUT2D eigenvalue weighted by Gasteiger charge is -2.11. The van der Waals surface area contributed by atoms with Crippen LogP contribution in [0.5, 0.6) is 0 Å². The van der Waals surface area contributed by atoms with Gasteiger partial charge in [-0.2, -0.15) is 0 Å². The van der Waals surface area contributed by atoms with Gasteiger partial charge >= 0.3 is 0 Å². The summed E-state index contributed by atoms with van der Waals surface area (Å²) in [6, 6.07) is 0. The second-order valence-electron chi connectivity index (χ2n) is 2.68. The van der Waals surface area contributed by atoms with Gasteiger partial charge in [0.2, 0.25) is 0 Å². The van der Waals surface area contributed by atoms with Crippen LogP contribution in [0.4, 0.5) is 0 Å². The van der Waals surface area contributed by atoms with Gasteiger partial charge in [-0.25, -0.2) is 0 Å². The van der Waals surface area contributed by atoms with Gasteiger partial charge in [0.1, 0.15) is 0 Å². The highest BCUT2D eigenvalue weighted by atomic mass is 16.3. The zero-order valence-electron chi connectivity index (χ0n) is 7.06. The number of aliphatic hydroxyl groups is 1. The van der Waals surface area contributed by atoms with E-state index >= 15 is 0 Å². The van der Waals surface area contributed by atoms with E-state index in [2.05, 4.69) is 12.2 Å². The van der Waals surface area contributed by atoms with Gasteiger partial charge in [-0.05, 0) is 32.4 Å². The molecule has 0 saturated carbocycles. The third kappa shape index (κ3) is 4.77. The molecule has 0 aromatic carbocycles. The normalized spacial score (nSPS) is 13.5. The van der Waals surface area contributed by atoms with Gasteiger partial charge in [0.15, 0.2) is 0 Å². The van der Waals surface area contributed by atoms with Gasteiger partial charge in [-0.1, -0.05) is 13.3 Å². The second kappa shape index (κ2) is 7.03. The first-order valence-electron chi connectivity index (χ1n) is 4.10. The molecule has 2 heteroatoms. The Morgan fingerprint density at radius 2 is 2.10 bits per heavy atom. The van der Waals surface area contributed by atoms with Crippen molar-refractivity contribution < 1.29 is 5.11 Å². The monoisotopic (exact) mass is 145 g/mol. The van der Waals surface area contributed by atoms with E-state index in [0.29, 0.717) is 12.5 Å². The number of hydrogen-bond donors (Lipinski definition) is 2. The van der Waals surface area contributed by atoms with Crippen molar-refractivity contribution in [1.29, 1.82) is 0 Å². The van der Waals surface area contributed by atoms with Crippen molar-refractivity contribution in [3.63, 3.8) is 0 Å². The summed E-state index contributed by atoms with van der Waals surface area (Å²) in [7, 11) is 1.96. The van der Waals surface area contributed by atoms with Crippen molar-refractivity contribution in [2.24, 2.45) is 5.92 Å². The predicted octanol–water partition coefficient (Wildman–Crippen LogP) is 1.00. The predicted molar refractivity (Wildman–Crippen MR) is 44.0 cm³/mol. The van der Waals surface area contributed by atoms with Crippen LogP contribution in [0.25, 0.3) is 0 Å². The maximum absolute atomic E-state index is 8.65. The van der Waals surface area contributed by atoms with Crippen molar-refractivity contribution in [2.45, 2.75) is 26.2 Å². The van der Waals surface area contributed by atoms with Gasteiger partial charge < -0.3 is 10.4 Å². The number of nitrogens with one attached hydrogen (secondary N) is 1. The first-order chi connectivity index (χ1) is 4.85. The molecule has 0 bridgehead atoms. The summed E-state index contributed by atoms with van der Waals surface area (Å²) in [6.45, 7) is 3.58. The standard InChI is InChI=1S/C8H19NO/c1-3-8(5-7-10)4-6-9-2/h8-10H,3-7H2,1-2H3. The van der Waals surface area contributed by atoms with Crippen LogP contribution in [0.2, 0.25) is 0 Å². The average molecular weight is 145 g/mol. The maximum Gasteiger partial charge on any atom is 0.0433 e. The first-order valence-corrected chi connectivity index (χ1v) is 4.10. The Labute approximate surface area is 63.6 Å². The Morgan fingerprint density at radius 1 is 1.40 bits per heavy atom. The molecule has 1 unspecified atom stereocenters. The van der Waals surface area contributed by atoms with E-state index in [1.807, 2.05) is 7.05 Å². The minimum absolute atomic E-state index is 0.336. The third-order valence-corrected chi connectivity index (χ3v) is 1.92. The zero-order chi connectivity index (χ0) is 7.82. The molecule has 2 nitrogen and oxygen atoms in total. The summed E-state index contributed by atoms with van der Waals surface area (Å²) in [4.78, 5) is 0. The Kier molecular flexibility index (Phi) is 6.98. The minimum atomic E-state index is 0.336. The molecule has 1 atom stereocenters. The molecule has 0 spiro atoms. The highest BCUT2D eigenvalue weighted by Crippen LogP contribution is 2.10. The quantitative estimate of drug-likeness (QED) is 0.584. The summed E-state index contributed by atoms with van der Waals surface area (Å²) < 4.78 is 0. The molecule has 0 radical (unpaired) electrons. The van der Waals surface area contributed by atoms with Crippen LogP contribution >= 0.6 is 0 Å². The van der Waals surface area contributed by atoms with Crippen molar-refractivity contribution in [1.82, 2.24) is 5.32 Å². The molecule has 10 heavy (non-hydrogen) atoms. The average Bonchev–Trinajstić information content (AvgIpc) is 1.98. The van der Waals surface area contributed by atoms with E-state index in [1.54, 1.807) is 0 Å². The Bertz CT molecular complexity index is 66.3. The molecular formula is C8H19NO. The highest BCUT2D eigenvalue weighted by molar-refractivity contribution is 4.57. The number of hydrogen-bond acceptors (Lipinski definition) is 2. The summed E-state index contributed by atoms with van der Waals surface area (Å²) in [6.07, 6.45) is 3.33. The minimum Gasteiger partial charge on any atom is -0.396 e. The summed E-state index contributed by atoms with van der Waals surface area (Å²) in [5.74, 6) is 0.706. The Hall–Kier alpha value is -0.0800. The van der Waals surface area contributed by atoms with E-state index in [-0.39, 0.29) is 0 Å². The van der Waals surface area contributed by atoms with E-state index in [0.717, 1.165) is 13.0 Å². The summed E-state index contributed by atoms with van der Waals surface area (Å²) in [5, 5.41) is 11.8. The second-order valence-corrected chi connectivity index (χ2v) is 2.68. The molecule has 0 aromatic rings. The van der Waals surface area contributed by atoms with E-state index in [4.69, 9.17) is 5.11 Å². The van der Waals surface area contributed by atoms with Gasteiger partial charge in [0.25, 0.3) is 0 Å². The maximum atomic E-state index is 8.65. The lowest BCUT2D eigenvalue weighted by Crippen LogP contribution is -2.13. The SMILES string of the molecule is CCC(CCO)CCNC. The molecular weight excluding hydrogens is 126 g/mol. The molecule has 0 aliphatic heterocycles. The van der Waals surface area contributed by atoms with Crippen molar-refractivity contribution in [2.75, 3.05) is 20.2 Å². The van der Waals surface area contributed by atoms with Crippen LogP contribution < -0.4 is 5.32 Å². The van der Waals surface area contributed by atoms with Crippen LogP contribution in [0, 0.1) is 5.92 Å². The first kappa shape index (κ1) is 9.92. The molecule has 2 N–H and O–H groups in total. The molecule has 0 fully saturated rings. The lowest BCUT2D eigenvalue weighted by atomic mass is 9.99. The summed E-state index contributed by atoms with van der Waals surface area (Å²) in [5.41, 5.74) is 0. The fraction of sp³-hybridized carbons (Fsp3) is 1.00. The Morgan fingerprint density at radius 3 is 2.50 bits per heavy atom. The molecule has 62 valence electrons. The van der Waals surface area contributed by atoms with Gasteiger partial charge in [0, 0.05) is 6.61 Å². The molecule has 0 saturated heterocycles. The van der Waals surface area contributed by atoms with Gasteiger partial charge in [0.05, 0.1) is 0 Å². The lowest BCUT2D eigenvalue weighted by molar-refractivity contribution is 0.249. The third-order valence-electron chi connectivity index (χ3n) is 1.92. The van der Waals surface area contributed by atoms with Crippen LogP contribution in [0.15, 0.2) is 0 Å². The molecule has 0 amide bonds. The summed E-state index contributed by atoms with van der Waals surface area (Å²) >= 11 is 0. The van der Waals surface area contributed by atoms with Crippen LogP contribution in [0.1, 0.15) is 26.2 Å². The number of aliphatic hydroxyl groups excluding tert-OH is 1. The topological polar surface area (TPSA) is 32.3 Å². The van der Waals surface area contributed by atoms with E-state index in [9.17, 15) is 0 Å². The largest absolute Gasteiger partial charge is 0.396 e. The fourth-order valence-electron chi connectivity index (χ4n) is 1.08. The van der Waals surface area contributed by atoms with Crippen LogP contribution in [-0.4, -0.2) is 25.3 Å². The molecule has 0 aromatic heterocycles. The highest BCUT2D eigenvalue weighted by Gasteiger charge is 2.03. The van der Waals surface area contributed by atoms with Crippen LogP contribution in [0.3, 0.4) is 0 Å². The van der Waals surface area contributed by atoms with Gasteiger partial charge in [-0.15, -0.1) is 0 Å².